The van der Waals surface area contributed by atoms with Gasteiger partial charge in [-0.05, 0) is 6.92 Å². The van der Waals surface area contributed by atoms with Gasteiger partial charge in [0.05, 0.1) is 6.61 Å². The van der Waals surface area contributed by atoms with Crippen molar-refractivity contribution in [1.29, 1.82) is 0 Å². The van der Waals surface area contributed by atoms with Gasteiger partial charge in [-0.2, -0.15) is 5.48 Å². The van der Waals surface area contributed by atoms with Crippen molar-refractivity contribution in [2.45, 2.75) is 6.92 Å². The lowest BCUT2D eigenvalue weighted by Gasteiger charge is -1.96. The summed E-state index contributed by atoms with van der Waals surface area (Å²) in [5.74, 6) is -0.918. The summed E-state index contributed by atoms with van der Waals surface area (Å²) in [5.41, 5.74) is 2.23. The van der Waals surface area contributed by atoms with Crippen molar-refractivity contribution in [3.05, 3.63) is 0 Å². The van der Waals surface area contributed by atoms with Crippen LogP contribution in [0.2, 0.25) is 0 Å². The molecule has 0 aliphatic rings. The number of carbonyl (C=O) groups is 1. The fourth-order valence-corrected chi connectivity index (χ4v) is 0.215. The van der Waals surface area contributed by atoms with E-state index < -0.39 is 5.97 Å². The van der Waals surface area contributed by atoms with Gasteiger partial charge in [-0.3, -0.25) is 4.79 Å². The highest BCUT2D eigenvalue weighted by atomic mass is 16.6. The van der Waals surface area contributed by atoms with E-state index in [2.05, 4.69) is 10.3 Å². The Labute approximate surface area is 47.4 Å². The Bertz CT molecular complexity index is 73.7. The van der Waals surface area contributed by atoms with Gasteiger partial charge < -0.3 is 9.94 Å². The number of rotatable bonds is 4. The Morgan fingerprint density at radius 1 is 1.88 bits per heavy atom. The van der Waals surface area contributed by atoms with Crippen molar-refractivity contribution in [2.24, 2.45) is 0 Å². The third-order valence-corrected chi connectivity index (χ3v) is 0.470. The quantitative estimate of drug-likeness (QED) is 0.391. The smallest absolute Gasteiger partial charge is 0.319 e. The van der Waals surface area contributed by atoms with Gasteiger partial charge in [0, 0.05) is 0 Å². The van der Waals surface area contributed by atoms with Crippen molar-refractivity contribution >= 4 is 5.97 Å². The van der Waals surface area contributed by atoms with E-state index in [4.69, 9.17) is 5.11 Å². The summed E-state index contributed by atoms with van der Waals surface area (Å²) in [7, 11) is 0. The normalized spacial score (nSPS) is 9.12. The first-order valence-electron chi connectivity index (χ1n) is 2.33. The molecule has 0 fully saturated rings. The zero-order valence-electron chi connectivity index (χ0n) is 4.68. The molecule has 0 spiro atoms. The maximum atomic E-state index is 9.73. The molecule has 0 aliphatic carbocycles. The minimum absolute atomic E-state index is 0.145. The second-order valence-corrected chi connectivity index (χ2v) is 1.15. The number of carboxylic acid groups (broad SMARTS) is 1. The van der Waals surface area contributed by atoms with Crippen LogP contribution in [0.5, 0.6) is 0 Å². The van der Waals surface area contributed by atoms with E-state index in [1.54, 1.807) is 6.92 Å². The molecule has 2 N–H and O–H groups in total. The monoisotopic (exact) mass is 119 g/mol. The molecule has 4 heteroatoms. The predicted octanol–water partition coefficient (Wildman–Crippen LogP) is -0.388. The van der Waals surface area contributed by atoms with Crippen LogP contribution in [-0.2, 0) is 9.63 Å². The average molecular weight is 119 g/mol. The molecule has 8 heavy (non-hydrogen) atoms. The van der Waals surface area contributed by atoms with Crippen LogP contribution >= 0.6 is 0 Å². The number of hydrogen-bond acceptors (Lipinski definition) is 3. The first-order valence-corrected chi connectivity index (χ1v) is 2.33. The number of hydroxylamine groups is 1. The molecule has 0 aromatic carbocycles. The Morgan fingerprint density at radius 2 is 2.50 bits per heavy atom. The van der Waals surface area contributed by atoms with Crippen LogP contribution in [0.1, 0.15) is 6.92 Å². The first-order chi connectivity index (χ1) is 3.77. The standard InChI is InChI=1S/C4H9NO3/c1-2-8-5-3-4(6)7/h5H,2-3H2,1H3,(H,6,7). The van der Waals surface area contributed by atoms with Crippen LogP contribution in [0.15, 0.2) is 0 Å². The van der Waals surface area contributed by atoms with Crippen molar-refractivity contribution < 1.29 is 14.7 Å². The van der Waals surface area contributed by atoms with E-state index >= 15 is 0 Å². The van der Waals surface area contributed by atoms with Gasteiger partial charge in [-0.15, -0.1) is 0 Å². The Balaban J connectivity index is 2.82. The summed E-state index contributed by atoms with van der Waals surface area (Å²) >= 11 is 0. The topological polar surface area (TPSA) is 58.6 Å². The summed E-state index contributed by atoms with van der Waals surface area (Å²) in [5, 5.41) is 8.00. The van der Waals surface area contributed by atoms with Gasteiger partial charge in [0.1, 0.15) is 6.54 Å². The molecule has 0 heterocycles. The maximum Gasteiger partial charge on any atom is 0.319 e. The van der Waals surface area contributed by atoms with Crippen molar-refractivity contribution in [1.82, 2.24) is 5.48 Å². The molecule has 0 unspecified atom stereocenters. The van der Waals surface area contributed by atoms with Crippen LogP contribution < -0.4 is 5.48 Å². The van der Waals surface area contributed by atoms with Gasteiger partial charge in [0.2, 0.25) is 0 Å². The molecule has 0 aliphatic heterocycles. The van der Waals surface area contributed by atoms with Crippen LogP contribution in [0.3, 0.4) is 0 Å². The van der Waals surface area contributed by atoms with E-state index in [-0.39, 0.29) is 6.54 Å². The minimum Gasteiger partial charge on any atom is -0.480 e. The van der Waals surface area contributed by atoms with Gasteiger partial charge >= 0.3 is 5.97 Å². The maximum absolute atomic E-state index is 9.73. The summed E-state index contributed by atoms with van der Waals surface area (Å²) in [4.78, 5) is 14.2. The summed E-state index contributed by atoms with van der Waals surface area (Å²) in [6.45, 7) is 2.11. The molecule has 0 bridgehead atoms. The lowest BCUT2D eigenvalue weighted by atomic mass is 10.7. The molecule has 0 saturated heterocycles. The molecule has 0 rings (SSSR count). The van der Waals surface area contributed by atoms with Crippen LogP contribution in [0, 0.1) is 0 Å². The van der Waals surface area contributed by atoms with Gasteiger partial charge in [0.15, 0.2) is 0 Å². The highest BCUT2D eigenvalue weighted by Crippen LogP contribution is 1.62. The molecule has 0 atom stereocenters. The molecule has 0 aromatic rings. The molecule has 0 amide bonds. The zero-order valence-corrected chi connectivity index (χ0v) is 4.68. The zero-order chi connectivity index (χ0) is 6.41. The summed E-state index contributed by atoms with van der Waals surface area (Å²) < 4.78 is 0. The van der Waals surface area contributed by atoms with E-state index in [0.29, 0.717) is 6.61 Å². The molecule has 0 saturated carbocycles. The van der Waals surface area contributed by atoms with Gasteiger partial charge in [-0.1, -0.05) is 0 Å². The van der Waals surface area contributed by atoms with E-state index in [1.165, 1.54) is 0 Å². The van der Waals surface area contributed by atoms with E-state index in [9.17, 15) is 4.79 Å². The van der Waals surface area contributed by atoms with Crippen LogP contribution in [0.25, 0.3) is 0 Å². The molecular formula is C4H9NO3. The SMILES string of the molecule is CCONCC(=O)O. The highest BCUT2D eigenvalue weighted by Gasteiger charge is 1.91. The lowest BCUT2D eigenvalue weighted by molar-refractivity contribution is -0.138. The second kappa shape index (κ2) is 4.55. The Hall–Kier alpha value is -0.610. The van der Waals surface area contributed by atoms with Crippen LogP contribution in [-0.4, -0.2) is 24.2 Å². The Morgan fingerprint density at radius 3 is 2.88 bits per heavy atom. The fourth-order valence-electron chi connectivity index (χ4n) is 0.215. The fraction of sp³-hybridized carbons (Fsp3) is 0.750. The Kier molecular flexibility index (Phi) is 4.20. The number of hydrogen-bond donors (Lipinski definition) is 2. The molecular weight excluding hydrogens is 110 g/mol. The molecule has 0 aromatic heterocycles. The molecule has 48 valence electrons. The van der Waals surface area contributed by atoms with Gasteiger partial charge in [-0.25, -0.2) is 0 Å². The average Bonchev–Trinajstić information content (AvgIpc) is 1.66. The molecule has 4 nitrogen and oxygen atoms in total. The largest absolute Gasteiger partial charge is 0.480 e. The second-order valence-electron chi connectivity index (χ2n) is 1.15. The van der Waals surface area contributed by atoms with E-state index in [0.717, 1.165) is 0 Å². The number of nitrogens with one attached hydrogen (secondary N) is 1. The summed E-state index contributed by atoms with van der Waals surface area (Å²) in [6.07, 6.45) is 0. The predicted molar refractivity (Wildman–Crippen MR) is 27.3 cm³/mol. The number of carboxylic acids is 1. The van der Waals surface area contributed by atoms with E-state index in [1.807, 2.05) is 0 Å². The van der Waals surface area contributed by atoms with Crippen molar-refractivity contribution in [2.75, 3.05) is 13.2 Å². The summed E-state index contributed by atoms with van der Waals surface area (Å²) in [6, 6.07) is 0. The third-order valence-electron chi connectivity index (χ3n) is 0.470. The number of aliphatic carboxylic acids is 1. The highest BCUT2D eigenvalue weighted by molar-refractivity contribution is 5.68. The molecule has 0 radical (unpaired) electrons. The van der Waals surface area contributed by atoms with Crippen LogP contribution in [0.4, 0.5) is 0 Å². The van der Waals surface area contributed by atoms with Crippen molar-refractivity contribution in [3.8, 4) is 0 Å². The lowest BCUT2D eigenvalue weighted by Crippen LogP contribution is -2.22. The minimum atomic E-state index is -0.918. The third kappa shape index (κ3) is 5.39. The first kappa shape index (κ1) is 7.39. The van der Waals surface area contributed by atoms with Crippen molar-refractivity contribution in [3.63, 3.8) is 0 Å². The van der Waals surface area contributed by atoms with Gasteiger partial charge in [0.25, 0.3) is 0 Å².